The van der Waals surface area contributed by atoms with Gasteiger partial charge < -0.3 is 15.5 Å². The fourth-order valence-electron chi connectivity index (χ4n) is 3.05. The van der Waals surface area contributed by atoms with Crippen LogP contribution in [0.25, 0.3) is 0 Å². The Bertz CT molecular complexity index is 836. The molecule has 2 amide bonds. The summed E-state index contributed by atoms with van der Waals surface area (Å²) < 4.78 is 0. The van der Waals surface area contributed by atoms with E-state index in [4.69, 9.17) is 23.2 Å². The van der Waals surface area contributed by atoms with Crippen LogP contribution in [-0.4, -0.2) is 36.3 Å². The summed E-state index contributed by atoms with van der Waals surface area (Å²) >= 11 is 12.1. The van der Waals surface area contributed by atoms with Gasteiger partial charge in [-0.15, -0.1) is 0 Å². The van der Waals surface area contributed by atoms with Gasteiger partial charge in [-0.25, -0.2) is 0 Å². The van der Waals surface area contributed by atoms with E-state index in [1.807, 2.05) is 4.90 Å². The van der Waals surface area contributed by atoms with E-state index < -0.39 is 0 Å². The van der Waals surface area contributed by atoms with Crippen molar-refractivity contribution in [1.29, 1.82) is 0 Å². The van der Waals surface area contributed by atoms with Crippen LogP contribution in [-0.2, 0) is 4.79 Å². The highest BCUT2D eigenvalue weighted by Gasteiger charge is 2.21. The quantitative estimate of drug-likeness (QED) is 0.759. The van der Waals surface area contributed by atoms with Gasteiger partial charge in [0.2, 0.25) is 5.91 Å². The minimum atomic E-state index is -0.264. The molecule has 142 valence electrons. The van der Waals surface area contributed by atoms with Crippen molar-refractivity contribution in [2.45, 2.75) is 19.3 Å². The Labute approximate surface area is 168 Å². The molecule has 1 aliphatic rings. The van der Waals surface area contributed by atoms with Crippen LogP contribution in [0.1, 0.15) is 29.6 Å². The van der Waals surface area contributed by atoms with Gasteiger partial charge in [0.05, 0.1) is 22.8 Å². The van der Waals surface area contributed by atoms with E-state index in [1.54, 1.807) is 42.5 Å². The molecule has 0 unspecified atom stereocenters. The van der Waals surface area contributed by atoms with Crippen molar-refractivity contribution in [3.05, 3.63) is 58.1 Å². The topological polar surface area (TPSA) is 61.4 Å². The third kappa shape index (κ3) is 5.15. The maximum Gasteiger partial charge on any atom is 0.255 e. The number of carbonyl (C=O) groups excluding carboxylic acids is 2. The number of benzene rings is 2. The Balaban J connectivity index is 1.68. The van der Waals surface area contributed by atoms with Crippen LogP contribution >= 0.6 is 23.2 Å². The third-order valence-electron chi connectivity index (χ3n) is 4.44. The molecule has 2 aromatic carbocycles. The fraction of sp³-hybridized carbons (Fsp3) is 0.300. The lowest BCUT2D eigenvalue weighted by Crippen LogP contribution is -2.36. The molecule has 0 bridgehead atoms. The largest absolute Gasteiger partial charge is 0.375 e. The monoisotopic (exact) mass is 405 g/mol. The van der Waals surface area contributed by atoms with Crippen LogP contribution in [0, 0.1) is 0 Å². The van der Waals surface area contributed by atoms with E-state index >= 15 is 0 Å². The molecular formula is C20H21Cl2N3O2. The highest BCUT2D eigenvalue weighted by molar-refractivity contribution is 6.33. The van der Waals surface area contributed by atoms with E-state index in [9.17, 15) is 9.59 Å². The summed E-state index contributed by atoms with van der Waals surface area (Å²) in [5.41, 5.74) is 1.61. The number of amides is 2. The molecule has 7 heteroatoms. The van der Waals surface area contributed by atoms with Gasteiger partial charge >= 0.3 is 0 Å². The van der Waals surface area contributed by atoms with Gasteiger partial charge in [-0.1, -0.05) is 35.3 Å². The average Bonchev–Trinajstić information content (AvgIpc) is 2.68. The highest BCUT2D eigenvalue weighted by atomic mass is 35.5. The van der Waals surface area contributed by atoms with Crippen LogP contribution in [0.3, 0.4) is 0 Å². The Kier molecular flexibility index (Phi) is 6.58. The molecular weight excluding hydrogens is 385 g/mol. The van der Waals surface area contributed by atoms with Crippen LogP contribution in [0.2, 0.25) is 10.0 Å². The summed E-state index contributed by atoms with van der Waals surface area (Å²) in [6, 6.07) is 12.1. The Morgan fingerprint density at radius 3 is 2.44 bits per heavy atom. The van der Waals surface area contributed by atoms with Gasteiger partial charge in [-0.2, -0.15) is 0 Å². The van der Waals surface area contributed by atoms with Gasteiger partial charge in [0, 0.05) is 23.8 Å². The molecule has 5 nitrogen and oxygen atoms in total. The maximum atomic E-state index is 12.8. The number of hydrogen-bond donors (Lipinski definition) is 2. The number of carbonyl (C=O) groups is 2. The Morgan fingerprint density at radius 1 is 0.963 bits per heavy atom. The number of piperidine rings is 1. The molecule has 0 spiro atoms. The molecule has 1 saturated heterocycles. The number of likely N-dealkylation sites (tertiary alicyclic amines) is 1. The van der Waals surface area contributed by atoms with Crippen LogP contribution in [0.4, 0.5) is 11.4 Å². The minimum absolute atomic E-state index is 0.00809. The lowest BCUT2D eigenvalue weighted by molar-refractivity contribution is -0.114. The number of halogens is 2. The SMILES string of the molecule is O=C(CNc1cc(Cl)ccc1C(=O)N1CCCCC1)Nc1ccccc1Cl. The minimum Gasteiger partial charge on any atom is -0.375 e. The average molecular weight is 406 g/mol. The van der Waals surface area contributed by atoms with Crippen LogP contribution in [0.5, 0.6) is 0 Å². The number of anilines is 2. The molecule has 2 N–H and O–H groups in total. The van der Waals surface area contributed by atoms with E-state index in [0.717, 1.165) is 32.4 Å². The molecule has 1 fully saturated rings. The molecule has 0 atom stereocenters. The van der Waals surface area contributed by atoms with Crippen molar-refractivity contribution in [3.63, 3.8) is 0 Å². The molecule has 27 heavy (non-hydrogen) atoms. The van der Waals surface area contributed by atoms with E-state index in [0.29, 0.717) is 27.0 Å². The first-order chi connectivity index (χ1) is 13.0. The van der Waals surface area contributed by atoms with Gasteiger partial charge in [0.25, 0.3) is 5.91 Å². The molecule has 0 aliphatic carbocycles. The first-order valence-corrected chi connectivity index (χ1v) is 9.67. The zero-order valence-electron chi connectivity index (χ0n) is 14.8. The van der Waals surface area contributed by atoms with Gasteiger partial charge in [-0.3, -0.25) is 9.59 Å². The van der Waals surface area contributed by atoms with Crippen molar-refractivity contribution in [2.75, 3.05) is 30.3 Å². The molecule has 2 aromatic rings. The van der Waals surface area contributed by atoms with Crippen molar-refractivity contribution in [3.8, 4) is 0 Å². The predicted molar refractivity (Wildman–Crippen MR) is 110 cm³/mol. The molecule has 0 aromatic heterocycles. The fourth-order valence-corrected chi connectivity index (χ4v) is 3.40. The molecule has 1 heterocycles. The summed E-state index contributed by atoms with van der Waals surface area (Å²) in [4.78, 5) is 26.9. The summed E-state index contributed by atoms with van der Waals surface area (Å²) in [5.74, 6) is -0.306. The van der Waals surface area contributed by atoms with Gasteiger partial charge in [-0.05, 0) is 49.6 Å². The zero-order chi connectivity index (χ0) is 19.2. The zero-order valence-corrected chi connectivity index (χ0v) is 16.3. The van der Waals surface area contributed by atoms with Crippen molar-refractivity contribution in [2.24, 2.45) is 0 Å². The lowest BCUT2D eigenvalue weighted by atomic mass is 10.1. The first-order valence-electron chi connectivity index (χ1n) is 8.91. The predicted octanol–water partition coefficient (Wildman–Crippen LogP) is 4.67. The molecule has 3 rings (SSSR count). The second-order valence-corrected chi connectivity index (χ2v) is 7.27. The van der Waals surface area contributed by atoms with Crippen molar-refractivity contribution in [1.82, 2.24) is 4.90 Å². The smallest absolute Gasteiger partial charge is 0.255 e. The number of nitrogens with one attached hydrogen (secondary N) is 2. The van der Waals surface area contributed by atoms with Crippen LogP contribution < -0.4 is 10.6 Å². The summed E-state index contributed by atoms with van der Waals surface area (Å²) in [6.45, 7) is 1.51. The number of rotatable bonds is 5. The van der Waals surface area contributed by atoms with E-state index in [-0.39, 0.29) is 18.4 Å². The highest BCUT2D eigenvalue weighted by Crippen LogP contribution is 2.24. The molecule has 1 aliphatic heterocycles. The first kappa shape index (κ1) is 19.5. The summed E-state index contributed by atoms with van der Waals surface area (Å²) in [7, 11) is 0. The van der Waals surface area contributed by atoms with Crippen molar-refractivity contribution >= 4 is 46.4 Å². The second-order valence-electron chi connectivity index (χ2n) is 6.42. The summed E-state index contributed by atoms with van der Waals surface area (Å²) in [5, 5.41) is 6.74. The van der Waals surface area contributed by atoms with Crippen molar-refractivity contribution < 1.29 is 9.59 Å². The Hall–Kier alpha value is -2.24. The number of nitrogens with zero attached hydrogens (tertiary/aromatic N) is 1. The van der Waals surface area contributed by atoms with Gasteiger partial charge in [0.15, 0.2) is 0 Å². The standard InChI is InChI=1S/C20H21Cl2N3O2/c21-14-8-9-15(20(27)25-10-4-1-5-11-25)18(12-14)23-13-19(26)24-17-7-3-2-6-16(17)22/h2-3,6-9,12,23H,1,4-5,10-11,13H2,(H,24,26). The molecule has 0 radical (unpaired) electrons. The third-order valence-corrected chi connectivity index (χ3v) is 5.01. The molecule has 0 saturated carbocycles. The second kappa shape index (κ2) is 9.11. The van der Waals surface area contributed by atoms with E-state index in [2.05, 4.69) is 10.6 Å². The van der Waals surface area contributed by atoms with Gasteiger partial charge in [0.1, 0.15) is 0 Å². The van der Waals surface area contributed by atoms with E-state index in [1.165, 1.54) is 0 Å². The Morgan fingerprint density at radius 2 is 1.70 bits per heavy atom. The maximum absolute atomic E-state index is 12.8. The lowest BCUT2D eigenvalue weighted by Gasteiger charge is -2.27. The number of para-hydroxylation sites is 1. The number of hydrogen-bond acceptors (Lipinski definition) is 3. The summed E-state index contributed by atoms with van der Waals surface area (Å²) in [6.07, 6.45) is 3.18. The normalized spacial score (nSPS) is 13.9. The van der Waals surface area contributed by atoms with Crippen LogP contribution in [0.15, 0.2) is 42.5 Å².